The number of nitrogens with zero attached hydrogens (tertiary/aromatic N) is 2. The van der Waals surface area contributed by atoms with Gasteiger partial charge >= 0.3 is 0 Å². The first-order valence-corrected chi connectivity index (χ1v) is 14.0. The van der Waals surface area contributed by atoms with Crippen molar-refractivity contribution in [3.63, 3.8) is 0 Å². The zero-order valence-electron chi connectivity index (χ0n) is 22.5. The van der Waals surface area contributed by atoms with Crippen LogP contribution in [-0.2, 0) is 16.0 Å². The Morgan fingerprint density at radius 3 is 2.47 bits per heavy atom. The number of aromatic amines is 1. The van der Waals surface area contributed by atoms with Crippen LogP contribution in [0.3, 0.4) is 0 Å². The highest BCUT2D eigenvalue weighted by atomic mass is 16.5. The normalized spacial score (nSPS) is 22.4. The fraction of sp³-hybridized carbons (Fsp3) is 0.484. The summed E-state index contributed by atoms with van der Waals surface area (Å²) < 4.78 is 11.7. The number of carbonyl (C=O) groups excluding carboxylic acids is 2. The lowest BCUT2D eigenvalue weighted by atomic mass is 9.85. The van der Waals surface area contributed by atoms with E-state index in [4.69, 9.17) is 9.47 Å². The first kappa shape index (κ1) is 24.8. The minimum atomic E-state index is -0.520. The quantitative estimate of drug-likeness (QED) is 0.464. The topological polar surface area (TPSA) is 74.9 Å². The Morgan fingerprint density at radius 2 is 1.74 bits per heavy atom. The van der Waals surface area contributed by atoms with Gasteiger partial charge in [-0.05, 0) is 56.0 Å². The molecular formula is C31H37N3O4. The third-order valence-corrected chi connectivity index (χ3v) is 8.42. The predicted molar refractivity (Wildman–Crippen MR) is 146 cm³/mol. The van der Waals surface area contributed by atoms with Crippen LogP contribution in [0.25, 0.3) is 10.9 Å². The van der Waals surface area contributed by atoms with Crippen molar-refractivity contribution in [3.05, 3.63) is 59.3 Å². The Morgan fingerprint density at radius 1 is 0.974 bits per heavy atom. The first-order valence-electron chi connectivity index (χ1n) is 14.0. The summed E-state index contributed by atoms with van der Waals surface area (Å²) in [5, 5.41) is 1.12. The average molecular weight is 516 g/mol. The maximum Gasteiger partial charge on any atom is 0.246 e. The third-order valence-electron chi connectivity index (χ3n) is 8.42. The van der Waals surface area contributed by atoms with Gasteiger partial charge in [-0.25, -0.2) is 0 Å². The van der Waals surface area contributed by atoms with Gasteiger partial charge in [0.25, 0.3) is 0 Å². The maximum absolute atomic E-state index is 14.1. The van der Waals surface area contributed by atoms with Gasteiger partial charge < -0.3 is 24.3 Å². The molecule has 1 aromatic heterocycles. The third kappa shape index (κ3) is 4.22. The number of nitrogens with one attached hydrogen (secondary N) is 1. The second-order valence-electron chi connectivity index (χ2n) is 11.2. The van der Waals surface area contributed by atoms with E-state index in [0.29, 0.717) is 17.9 Å². The minimum absolute atomic E-state index is 0.00499. The summed E-state index contributed by atoms with van der Waals surface area (Å²) in [4.78, 5) is 35.4. The van der Waals surface area contributed by atoms with E-state index >= 15 is 0 Å². The summed E-state index contributed by atoms with van der Waals surface area (Å²) in [5.74, 6) is 1.38. The van der Waals surface area contributed by atoms with Crippen molar-refractivity contribution in [2.75, 3.05) is 13.7 Å². The molecule has 38 heavy (non-hydrogen) atoms. The van der Waals surface area contributed by atoms with E-state index in [-0.39, 0.29) is 30.5 Å². The number of fused-ring (bicyclic) bond motifs is 4. The molecule has 1 saturated carbocycles. The highest BCUT2D eigenvalue weighted by molar-refractivity contribution is 5.98. The highest BCUT2D eigenvalue weighted by Gasteiger charge is 2.49. The van der Waals surface area contributed by atoms with Gasteiger partial charge in [0.05, 0.1) is 19.3 Å². The van der Waals surface area contributed by atoms with E-state index in [0.717, 1.165) is 53.4 Å². The second kappa shape index (κ2) is 10.0. The van der Waals surface area contributed by atoms with E-state index in [1.807, 2.05) is 54.0 Å². The Kier molecular flexibility index (Phi) is 6.54. The van der Waals surface area contributed by atoms with Crippen molar-refractivity contribution < 1.29 is 19.1 Å². The first-order chi connectivity index (χ1) is 18.5. The smallest absolute Gasteiger partial charge is 0.246 e. The van der Waals surface area contributed by atoms with Crippen molar-refractivity contribution >= 4 is 22.7 Å². The molecule has 200 valence electrons. The van der Waals surface area contributed by atoms with Crippen LogP contribution in [0.4, 0.5) is 0 Å². The molecule has 2 aromatic carbocycles. The standard InChI is InChI=1S/C31H37N3O4/c1-19(2)38-26-15-14-20(16-27(26)37-3)30-29-23(22-12-8-9-13-24(22)32-29)17-25-31(36)33(18-28(35)34(25)30)21-10-6-4-5-7-11-21/h8-9,12-16,19,21,25,30,32H,4-7,10-11,17-18H2,1-3H3/t25-,30?/m0/s1. The number of para-hydroxylation sites is 1. The number of hydrogen-bond donors (Lipinski definition) is 1. The number of piperazine rings is 1. The van der Waals surface area contributed by atoms with E-state index < -0.39 is 12.1 Å². The zero-order chi connectivity index (χ0) is 26.4. The molecule has 1 N–H and O–H groups in total. The van der Waals surface area contributed by atoms with Crippen LogP contribution >= 0.6 is 0 Å². The summed E-state index contributed by atoms with van der Waals surface area (Å²) in [6.45, 7) is 4.11. The number of aromatic nitrogens is 1. The lowest BCUT2D eigenvalue weighted by Gasteiger charge is -2.48. The molecule has 2 atom stereocenters. The highest BCUT2D eigenvalue weighted by Crippen LogP contribution is 2.44. The Hall–Kier alpha value is -3.48. The molecular weight excluding hydrogens is 478 g/mol. The molecule has 6 rings (SSSR count). The monoisotopic (exact) mass is 515 g/mol. The van der Waals surface area contributed by atoms with Crippen LogP contribution < -0.4 is 9.47 Å². The average Bonchev–Trinajstić information content (AvgIpc) is 3.07. The van der Waals surface area contributed by atoms with Gasteiger partial charge in [0.15, 0.2) is 11.5 Å². The Balaban J connectivity index is 1.46. The fourth-order valence-electron chi connectivity index (χ4n) is 6.72. The molecule has 7 nitrogen and oxygen atoms in total. The van der Waals surface area contributed by atoms with Crippen molar-refractivity contribution in [3.8, 4) is 11.5 Å². The summed E-state index contributed by atoms with van der Waals surface area (Å²) in [6, 6.07) is 13.3. The van der Waals surface area contributed by atoms with Crippen LogP contribution in [0.2, 0.25) is 0 Å². The van der Waals surface area contributed by atoms with E-state index in [9.17, 15) is 9.59 Å². The zero-order valence-corrected chi connectivity index (χ0v) is 22.5. The molecule has 1 aliphatic carbocycles. The molecule has 2 aliphatic heterocycles. The fourth-order valence-corrected chi connectivity index (χ4v) is 6.72. The lowest BCUT2D eigenvalue weighted by Crippen LogP contribution is -2.64. The van der Waals surface area contributed by atoms with E-state index in [1.165, 1.54) is 12.8 Å². The van der Waals surface area contributed by atoms with E-state index in [1.54, 1.807) is 7.11 Å². The van der Waals surface area contributed by atoms with Gasteiger partial charge in [0.2, 0.25) is 11.8 Å². The van der Waals surface area contributed by atoms with Gasteiger partial charge in [-0.1, -0.05) is 49.9 Å². The van der Waals surface area contributed by atoms with Gasteiger partial charge in [-0.2, -0.15) is 0 Å². The number of benzene rings is 2. The van der Waals surface area contributed by atoms with Gasteiger partial charge in [-0.15, -0.1) is 0 Å². The van der Waals surface area contributed by atoms with Crippen molar-refractivity contribution in [2.24, 2.45) is 0 Å². The molecule has 0 radical (unpaired) electrons. The summed E-state index contributed by atoms with van der Waals surface area (Å²) >= 11 is 0. The number of carbonyl (C=O) groups is 2. The van der Waals surface area contributed by atoms with Gasteiger partial charge in [-0.3, -0.25) is 9.59 Å². The molecule has 0 spiro atoms. The SMILES string of the molecule is COc1cc(C2c3[nH]c4ccccc4c3C[C@H]3C(=O)N(C4CCCCCC4)CC(=O)N23)ccc1OC(C)C. The molecule has 3 aromatic rings. The number of rotatable bonds is 5. The number of H-pyrrole nitrogens is 1. The number of hydrogen-bond acceptors (Lipinski definition) is 4. The summed E-state index contributed by atoms with van der Waals surface area (Å²) in [5.41, 5.74) is 4.03. The molecule has 2 amide bonds. The number of amides is 2. The van der Waals surface area contributed by atoms with Crippen LogP contribution in [0.5, 0.6) is 11.5 Å². The largest absolute Gasteiger partial charge is 0.493 e. The van der Waals surface area contributed by atoms with Crippen LogP contribution in [0.15, 0.2) is 42.5 Å². The van der Waals surface area contributed by atoms with Gasteiger partial charge in [0.1, 0.15) is 12.6 Å². The number of methoxy groups -OCH3 is 1. The van der Waals surface area contributed by atoms with Crippen molar-refractivity contribution in [1.82, 2.24) is 14.8 Å². The van der Waals surface area contributed by atoms with Crippen molar-refractivity contribution in [2.45, 2.75) is 83.0 Å². The molecule has 3 aliphatic rings. The Labute approximate surface area is 224 Å². The molecule has 7 heteroatoms. The predicted octanol–water partition coefficient (Wildman–Crippen LogP) is 5.37. The summed E-state index contributed by atoms with van der Waals surface area (Å²) in [7, 11) is 1.63. The molecule has 1 saturated heterocycles. The summed E-state index contributed by atoms with van der Waals surface area (Å²) in [6.07, 6.45) is 7.17. The van der Waals surface area contributed by atoms with E-state index in [2.05, 4.69) is 17.1 Å². The molecule has 2 fully saturated rings. The number of ether oxygens (including phenoxy) is 2. The molecule has 0 bridgehead atoms. The molecule has 1 unspecified atom stereocenters. The van der Waals surface area contributed by atoms with Crippen molar-refractivity contribution in [1.29, 1.82) is 0 Å². The maximum atomic E-state index is 14.1. The minimum Gasteiger partial charge on any atom is -0.493 e. The Bertz CT molecular complexity index is 1350. The van der Waals surface area contributed by atoms with Crippen LogP contribution in [0.1, 0.15) is 75.2 Å². The lowest BCUT2D eigenvalue weighted by molar-refractivity contribution is -0.161. The molecule has 3 heterocycles. The van der Waals surface area contributed by atoms with Crippen LogP contribution in [0, 0.1) is 0 Å². The van der Waals surface area contributed by atoms with Crippen LogP contribution in [-0.4, -0.2) is 58.4 Å². The second-order valence-corrected chi connectivity index (χ2v) is 11.2. The van der Waals surface area contributed by atoms with Gasteiger partial charge in [0, 0.05) is 29.1 Å².